The summed E-state index contributed by atoms with van der Waals surface area (Å²) in [4.78, 5) is 32.1. The van der Waals surface area contributed by atoms with E-state index in [1.54, 1.807) is 11.9 Å². The van der Waals surface area contributed by atoms with Gasteiger partial charge in [0, 0.05) is 25.0 Å². The van der Waals surface area contributed by atoms with E-state index < -0.39 is 0 Å². The molecule has 1 amide bonds. The normalized spacial score (nSPS) is 11.0. The van der Waals surface area contributed by atoms with Crippen LogP contribution < -0.4 is 5.56 Å². The Labute approximate surface area is 175 Å². The van der Waals surface area contributed by atoms with Crippen LogP contribution in [-0.2, 0) is 17.9 Å². The standard InChI is InChI=1S/C24H24N4O2/c1-17-18(2)28(20-12-8-5-9-13-20)23-22(17)24(30)27(16-25-23)15-21(29)26(3)14-19-10-6-4-7-11-19/h4-13,16H,14-15H2,1-3H3. The number of carbonyl (C=O) groups excluding carboxylic acids is 1. The molecule has 2 heterocycles. The van der Waals surface area contributed by atoms with Crippen LogP contribution in [0.5, 0.6) is 0 Å². The highest BCUT2D eigenvalue weighted by atomic mass is 16.2. The van der Waals surface area contributed by atoms with Gasteiger partial charge in [-0.3, -0.25) is 18.7 Å². The Kier molecular flexibility index (Phi) is 5.23. The summed E-state index contributed by atoms with van der Waals surface area (Å²) >= 11 is 0. The number of benzene rings is 2. The van der Waals surface area contributed by atoms with Gasteiger partial charge in [-0.15, -0.1) is 0 Å². The highest BCUT2D eigenvalue weighted by Gasteiger charge is 2.19. The van der Waals surface area contributed by atoms with Gasteiger partial charge in [-0.25, -0.2) is 4.98 Å². The van der Waals surface area contributed by atoms with Crippen LogP contribution in [0.3, 0.4) is 0 Å². The second-order valence-electron chi connectivity index (χ2n) is 7.49. The fourth-order valence-electron chi connectivity index (χ4n) is 3.70. The minimum atomic E-state index is -0.197. The molecule has 0 N–H and O–H groups in total. The number of aryl methyl sites for hydroxylation is 1. The Balaban J connectivity index is 1.67. The number of hydrogen-bond donors (Lipinski definition) is 0. The maximum absolute atomic E-state index is 13.2. The number of aromatic nitrogens is 3. The first-order chi connectivity index (χ1) is 14.5. The monoisotopic (exact) mass is 400 g/mol. The van der Waals surface area contributed by atoms with Crippen molar-refractivity contribution in [1.29, 1.82) is 0 Å². The van der Waals surface area contributed by atoms with Crippen molar-refractivity contribution in [1.82, 2.24) is 19.0 Å². The zero-order chi connectivity index (χ0) is 21.3. The summed E-state index contributed by atoms with van der Waals surface area (Å²) in [6.07, 6.45) is 1.47. The fraction of sp³-hybridized carbons (Fsp3) is 0.208. The van der Waals surface area contributed by atoms with Gasteiger partial charge in [0.25, 0.3) is 5.56 Å². The Morgan fingerprint density at radius 1 is 1.00 bits per heavy atom. The molecule has 6 nitrogen and oxygen atoms in total. The summed E-state index contributed by atoms with van der Waals surface area (Å²) in [5.74, 6) is -0.140. The first kappa shape index (κ1) is 19.6. The van der Waals surface area contributed by atoms with Crippen molar-refractivity contribution >= 4 is 16.9 Å². The first-order valence-electron chi connectivity index (χ1n) is 9.87. The van der Waals surface area contributed by atoms with Crippen molar-refractivity contribution in [3.63, 3.8) is 0 Å². The SMILES string of the molecule is Cc1c(C)n(-c2ccccc2)c2ncn(CC(=O)N(C)Cc3ccccc3)c(=O)c12. The predicted molar refractivity (Wildman–Crippen MR) is 118 cm³/mol. The molecule has 152 valence electrons. The van der Waals surface area contributed by atoms with Gasteiger partial charge in [0.05, 0.1) is 5.39 Å². The van der Waals surface area contributed by atoms with Crippen LogP contribution in [0.15, 0.2) is 71.8 Å². The smallest absolute Gasteiger partial charge is 0.263 e. The van der Waals surface area contributed by atoms with E-state index in [9.17, 15) is 9.59 Å². The highest BCUT2D eigenvalue weighted by molar-refractivity contribution is 5.83. The molecule has 2 aromatic heterocycles. The Bertz CT molecular complexity index is 1260. The summed E-state index contributed by atoms with van der Waals surface area (Å²) in [5, 5.41) is 0.553. The topological polar surface area (TPSA) is 60.1 Å². The van der Waals surface area contributed by atoms with Crippen molar-refractivity contribution in [3.8, 4) is 5.69 Å². The van der Waals surface area contributed by atoms with Gasteiger partial charge in [-0.1, -0.05) is 48.5 Å². The van der Waals surface area contributed by atoms with Crippen LogP contribution in [-0.4, -0.2) is 32.0 Å². The maximum Gasteiger partial charge on any atom is 0.263 e. The van der Waals surface area contributed by atoms with Crippen LogP contribution in [0, 0.1) is 13.8 Å². The van der Waals surface area contributed by atoms with E-state index in [1.165, 1.54) is 10.9 Å². The quantitative estimate of drug-likeness (QED) is 0.515. The lowest BCUT2D eigenvalue weighted by Gasteiger charge is -2.18. The van der Waals surface area contributed by atoms with Gasteiger partial charge >= 0.3 is 0 Å². The lowest BCUT2D eigenvalue weighted by atomic mass is 10.2. The molecule has 0 fully saturated rings. The number of hydrogen-bond acceptors (Lipinski definition) is 3. The van der Waals surface area contributed by atoms with Gasteiger partial charge in [0.1, 0.15) is 12.9 Å². The summed E-state index contributed by atoms with van der Waals surface area (Å²) in [6, 6.07) is 19.6. The number of fused-ring (bicyclic) bond motifs is 1. The molecule has 0 aliphatic heterocycles. The third-order valence-corrected chi connectivity index (χ3v) is 5.49. The van der Waals surface area contributed by atoms with E-state index in [0.29, 0.717) is 17.6 Å². The zero-order valence-corrected chi connectivity index (χ0v) is 17.4. The Morgan fingerprint density at radius 3 is 2.30 bits per heavy atom. The van der Waals surface area contributed by atoms with Crippen molar-refractivity contribution in [2.45, 2.75) is 26.9 Å². The molecule has 0 saturated heterocycles. The number of nitrogens with zero attached hydrogens (tertiary/aromatic N) is 4. The molecule has 0 spiro atoms. The van der Waals surface area contributed by atoms with Crippen molar-refractivity contribution in [3.05, 3.63) is 94.2 Å². The minimum absolute atomic E-state index is 0.0416. The number of rotatable bonds is 5. The van der Waals surface area contributed by atoms with Gasteiger partial charge in [0.15, 0.2) is 5.65 Å². The molecule has 0 bridgehead atoms. The molecule has 4 aromatic rings. The lowest BCUT2D eigenvalue weighted by molar-refractivity contribution is -0.131. The van der Waals surface area contributed by atoms with Crippen LogP contribution in [0.1, 0.15) is 16.8 Å². The largest absolute Gasteiger partial charge is 0.340 e. The second kappa shape index (κ2) is 7.99. The number of carbonyl (C=O) groups is 1. The van der Waals surface area contributed by atoms with E-state index in [-0.39, 0.29) is 18.0 Å². The molecule has 2 aromatic carbocycles. The number of para-hydroxylation sites is 1. The van der Waals surface area contributed by atoms with E-state index in [2.05, 4.69) is 4.98 Å². The molecular formula is C24H24N4O2. The molecule has 0 atom stereocenters. The fourth-order valence-corrected chi connectivity index (χ4v) is 3.70. The summed E-state index contributed by atoms with van der Waals surface area (Å²) in [7, 11) is 1.74. The Morgan fingerprint density at radius 2 is 1.63 bits per heavy atom. The van der Waals surface area contributed by atoms with Gasteiger partial charge in [0.2, 0.25) is 5.91 Å². The van der Waals surface area contributed by atoms with Crippen molar-refractivity contribution in [2.24, 2.45) is 0 Å². The molecule has 0 unspecified atom stereocenters. The van der Waals surface area contributed by atoms with Crippen LogP contribution in [0.2, 0.25) is 0 Å². The van der Waals surface area contributed by atoms with Crippen LogP contribution in [0.4, 0.5) is 0 Å². The van der Waals surface area contributed by atoms with E-state index >= 15 is 0 Å². The van der Waals surface area contributed by atoms with E-state index in [0.717, 1.165) is 22.5 Å². The predicted octanol–water partition coefficient (Wildman–Crippen LogP) is 3.46. The lowest BCUT2D eigenvalue weighted by Crippen LogP contribution is -2.33. The summed E-state index contributed by atoms with van der Waals surface area (Å²) in [5.41, 5.74) is 4.26. The van der Waals surface area contributed by atoms with E-state index in [4.69, 9.17) is 0 Å². The third-order valence-electron chi connectivity index (χ3n) is 5.49. The molecule has 0 aliphatic carbocycles. The first-order valence-corrected chi connectivity index (χ1v) is 9.87. The Hall–Kier alpha value is -3.67. The molecule has 0 saturated carbocycles. The zero-order valence-electron chi connectivity index (χ0n) is 17.4. The molecule has 4 rings (SSSR count). The molecule has 30 heavy (non-hydrogen) atoms. The number of amides is 1. The van der Waals surface area contributed by atoms with Gasteiger partial charge < -0.3 is 4.90 Å². The molecular weight excluding hydrogens is 376 g/mol. The van der Waals surface area contributed by atoms with Gasteiger partial charge in [-0.2, -0.15) is 0 Å². The third kappa shape index (κ3) is 3.52. The molecule has 0 radical (unpaired) electrons. The van der Waals surface area contributed by atoms with Crippen LogP contribution >= 0.6 is 0 Å². The molecule has 0 aliphatic rings. The maximum atomic E-state index is 13.2. The van der Waals surface area contributed by atoms with Crippen molar-refractivity contribution < 1.29 is 4.79 Å². The summed E-state index contributed by atoms with van der Waals surface area (Å²) < 4.78 is 3.38. The minimum Gasteiger partial charge on any atom is -0.340 e. The summed E-state index contributed by atoms with van der Waals surface area (Å²) in [6.45, 7) is 4.35. The molecule has 6 heteroatoms. The van der Waals surface area contributed by atoms with E-state index in [1.807, 2.05) is 79.1 Å². The average molecular weight is 400 g/mol. The van der Waals surface area contributed by atoms with Crippen LogP contribution in [0.25, 0.3) is 16.7 Å². The number of likely N-dealkylation sites (N-methyl/N-ethyl adjacent to an activating group) is 1. The highest BCUT2D eigenvalue weighted by Crippen LogP contribution is 2.24. The average Bonchev–Trinajstić information content (AvgIpc) is 3.02. The second-order valence-corrected chi connectivity index (χ2v) is 7.49. The van der Waals surface area contributed by atoms with Gasteiger partial charge in [-0.05, 0) is 37.1 Å². The van der Waals surface area contributed by atoms with Crippen molar-refractivity contribution in [2.75, 3.05) is 7.05 Å².